The number of ether oxygens (including phenoxy) is 1. The summed E-state index contributed by atoms with van der Waals surface area (Å²) in [7, 11) is 1.44. The molecule has 3 rings (SSSR count). The molecule has 1 saturated heterocycles. The summed E-state index contributed by atoms with van der Waals surface area (Å²) in [6.45, 7) is -0.605. The summed E-state index contributed by atoms with van der Waals surface area (Å²) >= 11 is 0. The van der Waals surface area contributed by atoms with Crippen LogP contribution in [-0.4, -0.2) is 47.9 Å². The number of fused-ring (bicyclic) bond motifs is 3. The second-order valence-electron chi connectivity index (χ2n) is 5.47. The number of hydrogen-bond acceptors (Lipinski definition) is 5. The number of esters is 1. The van der Waals surface area contributed by atoms with Crippen LogP contribution < -0.4 is 10.6 Å². The molecule has 0 aromatic heterocycles. The van der Waals surface area contributed by atoms with Crippen LogP contribution in [0.15, 0.2) is 24.3 Å². The van der Waals surface area contributed by atoms with Gasteiger partial charge < -0.3 is 15.4 Å². The molecule has 8 heteroatoms. The third-order valence-electron chi connectivity index (χ3n) is 4.21. The van der Waals surface area contributed by atoms with Crippen LogP contribution in [0.4, 0.5) is 5.69 Å². The van der Waals surface area contributed by atoms with Crippen LogP contribution in [0, 0.1) is 0 Å². The number of hydrogen-bond donors (Lipinski definition) is 1. The van der Waals surface area contributed by atoms with Crippen LogP contribution in [0.5, 0.6) is 0 Å². The average Bonchev–Trinajstić information content (AvgIpc) is 2.89. The van der Waals surface area contributed by atoms with Crippen molar-refractivity contribution in [3.05, 3.63) is 29.8 Å². The fourth-order valence-electron chi connectivity index (χ4n) is 3.14. The Hall–Kier alpha value is -2.90. The Balaban J connectivity index is 2.11. The summed E-state index contributed by atoms with van der Waals surface area (Å²) in [4.78, 5) is 50.9. The van der Waals surface area contributed by atoms with Crippen molar-refractivity contribution in [1.29, 1.82) is 0 Å². The molecule has 1 fully saturated rings. The molecule has 120 valence electrons. The first-order valence-electron chi connectivity index (χ1n) is 7.05. The van der Waals surface area contributed by atoms with Gasteiger partial charge in [-0.25, -0.2) is 4.79 Å². The molecule has 23 heavy (non-hydrogen) atoms. The van der Waals surface area contributed by atoms with Crippen molar-refractivity contribution in [2.45, 2.75) is 18.5 Å². The Bertz CT molecular complexity index is 732. The Labute approximate surface area is 131 Å². The fourth-order valence-corrected chi connectivity index (χ4v) is 3.14. The molecule has 0 radical (unpaired) electrons. The van der Waals surface area contributed by atoms with Crippen LogP contribution in [0.3, 0.4) is 0 Å². The molecule has 0 aliphatic carbocycles. The molecule has 0 saturated carbocycles. The molecule has 2 N–H and O–H groups in total. The number of amides is 3. The van der Waals surface area contributed by atoms with Crippen molar-refractivity contribution in [3.8, 4) is 0 Å². The number of benzene rings is 1. The van der Waals surface area contributed by atoms with Crippen molar-refractivity contribution in [2.75, 3.05) is 18.6 Å². The molecule has 8 nitrogen and oxygen atoms in total. The Morgan fingerprint density at radius 3 is 2.70 bits per heavy atom. The Morgan fingerprint density at radius 1 is 1.30 bits per heavy atom. The van der Waals surface area contributed by atoms with Crippen LogP contribution in [0.25, 0.3) is 0 Å². The van der Waals surface area contributed by atoms with Crippen LogP contribution in [0.2, 0.25) is 0 Å². The van der Waals surface area contributed by atoms with E-state index in [1.54, 1.807) is 24.3 Å². The molecule has 1 aromatic rings. The maximum Gasteiger partial charge on any atom is 0.354 e. The lowest BCUT2D eigenvalue weighted by molar-refractivity contribution is -0.158. The SMILES string of the molecule is CN1C(=O)c2ccccc2N2C(=O)CC[C@@]12C(=O)OCC(N)=O. The van der Waals surface area contributed by atoms with E-state index in [0.29, 0.717) is 11.3 Å². The van der Waals surface area contributed by atoms with Gasteiger partial charge in [0.1, 0.15) is 0 Å². The minimum Gasteiger partial charge on any atom is -0.452 e. The molecule has 0 unspecified atom stereocenters. The largest absolute Gasteiger partial charge is 0.452 e. The number of primary amides is 1. The van der Waals surface area contributed by atoms with E-state index in [9.17, 15) is 19.2 Å². The van der Waals surface area contributed by atoms with Gasteiger partial charge in [0, 0.05) is 19.9 Å². The number of nitrogens with two attached hydrogens (primary N) is 1. The number of anilines is 1. The number of nitrogens with zero attached hydrogens (tertiary/aromatic N) is 2. The number of carbonyl (C=O) groups excluding carboxylic acids is 4. The van der Waals surface area contributed by atoms with Crippen LogP contribution in [-0.2, 0) is 19.1 Å². The van der Waals surface area contributed by atoms with E-state index in [0.717, 1.165) is 0 Å². The molecule has 0 spiro atoms. The van der Waals surface area contributed by atoms with Gasteiger partial charge in [0.25, 0.3) is 11.8 Å². The van der Waals surface area contributed by atoms with Crippen molar-refractivity contribution in [1.82, 2.24) is 4.90 Å². The first-order chi connectivity index (χ1) is 10.9. The molecular weight excluding hydrogens is 302 g/mol. The van der Waals surface area contributed by atoms with Gasteiger partial charge in [-0.1, -0.05) is 12.1 Å². The van der Waals surface area contributed by atoms with Gasteiger partial charge in [0.05, 0.1) is 11.3 Å². The molecule has 2 aliphatic heterocycles. The standard InChI is InChI=1S/C15H15N3O5/c1-17-13(21)9-4-2-3-5-10(9)18-12(20)6-7-15(17,18)14(22)23-8-11(16)19/h2-5H,6-8H2,1H3,(H2,16,19)/t15-/m1/s1. The normalized spacial score (nSPS) is 22.7. The Morgan fingerprint density at radius 2 is 2.00 bits per heavy atom. The molecule has 2 aliphatic rings. The van der Waals surface area contributed by atoms with E-state index >= 15 is 0 Å². The van der Waals surface area contributed by atoms with Gasteiger partial charge in [-0.2, -0.15) is 0 Å². The smallest absolute Gasteiger partial charge is 0.354 e. The number of carbonyl (C=O) groups is 4. The van der Waals surface area contributed by atoms with Crippen molar-refractivity contribution >= 4 is 29.4 Å². The third kappa shape index (κ3) is 1.98. The van der Waals surface area contributed by atoms with Crippen LogP contribution >= 0.6 is 0 Å². The van der Waals surface area contributed by atoms with Gasteiger partial charge >= 0.3 is 5.97 Å². The summed E-state index contributed by atoms with van der Waals surface area (Å²) in [5.41, 5.74) is 4.13. The summed E-state index contributed by atoms with van der Waals surface area (Å²) in [6, 6.07) is 6.57. The van der Waals surface area contributed by atoms with Crippen molar-refractivity contribution < 1.29 is 23.9 Å². The van der Waals surface area contributed by atoms with Gasteiger partial charge in [-0.15, -0.1) is 0 Å². The lowest BCUT2D eigenvalue weighted by Gasteiger charge is -2.46. The minimum atomic E-state index is -1.57. The van der Waals surface area contributed by atoms with E-state index in [1.165, 1.54) is 16.8 Å². The van der Waals surface area contributed by atoms with Gasteiger partial charge in [0.2, 0.25) is 11.6 Å². The van der Waals surface area contributed by atoms with Crippen LogP contribution in [0.1, 0.15) is 23.2 Å². The van der Waals surface area contributed by atoms with E-state index in [-0.39, 0.29) is 24.7 Å². The number of para-hydroxylation sites is 1. The minimum absolute atomic E-state index is 0.0949. The number of likely N-dealkylation sites (N-methyl/N-ethyl adjacent to an activating group) is 1. The molecule has 1 aromatic carbocycles. The van der Waals surface area contributed by atoms with Crippen molar-refractivity contribution in [2.24, 2.45) is 5.73 Å². The lowest BCUT2D eigenvalue weighted by atomic mass is 9.97. The molecule has 2 heterocycles. The maximum atomic E-state index is 12.6. The molecule has 0 bridgehead atoms. The lowest BCUT2D eigenvalue weighted by Crippen LogP contribution is -2.67. The van der Waals surface area contributed by atoms with E-state index in [2.05, 4.69) is 0 Å². The zero-order valence-corrected chi connectivity index (χ0v) is 12.4. The second-order valence-corrected chi connectivity index (χ2v) is 5.47. The molecule has 3 amide bonds. The highest BCUT2D eigenvalue weighted by Crippen LogP contribution is 2.44. The summed E-state index contributed by atoms with van der Waals surface area (Å²) in [6.07, 6.45) is 0.192. The predicted octanol–water partition coefficient (Wildman–Crippen LogP) is -0.376. The quantitative estimate of drug-likeness (QED) is 0.764. The maximum absolute atomic E-state index is 12.6. The highest BCUT2D eigenvalue weighted by molar-refractivity contribution is 6.15. The van der Waals surface area contributed by atoms with Gasteiger partial charge in [-0.05, 0) is 12.1 Å². The zero-order chi connectivity index (χ0) is 16.8. The second kappa shape index (κ2) is 5.08. The summed E-state index contributed by atoms with van der Waals surface area (Å²) < 4.78 is 4.93. The Kier molecular flexibility index (Phi) is 3.32. The zero-order valence-electron chi connectivity index (χ0n) is 12.4. The number of rotatable bonds is 3. The van der Waals surface area contributed by atoms with Gasteiger partial charge in [-0.3, -0.25) is 19.3 Å². The van der Waals surface area contributed by atoms with Gasteiger partial charge in [0.15, 0.2) is 6.61 Å². The first kappa shape index (κ1) is 15.0. The monoisotopic (exact) mass is 317 g/mol. The fraction of sp³-hybridized carbons (Fsp3) is 0.333. The average molecular weight is 317 g/mol. The van der Waals surface area contributed by atoms with E-state index in [1.807, 2.05) is 0 Å². The van der Waals surface area contributed by atoms with Crippen molar-refractivity contribution in [3.63, 3.8) is 0 Å². The predicted molar refractivity (Wildman–Crippen MR) is 78.1 cm³/mol. The van der Waals surface area contributed by atoms with E-state index < -0.39 is 24.1 Å². The topological polar surface area (TPSA) is 110 Å². The molecular formula is C15H15N3O5. The summed E-state index contributed by atoms with van der Waals surface area (Å²) in [5.74, 6) is -2.32. The summed E-state index contributed by atoms with van der Waals surface area (Å²) in [5, 5.41) is 0. The highest BCUT2D eigenvalue weighted by Gasteiger charge is 2.60. The third-order valence-corrected chi connectivity index (χ3v) is 4.21. The molecule has 1 atom stereocenters. The van der Waals surface area contributed by atoms with E-state index in [4.69, 9.17) is 10.5 Å². The highest BCUT2D eigenvalue weighted by atomic mass is 16.5. The first-order valence-corrected chi connectivity index (χ1v) is 7.05.